The van der Waals surface area contributed by atoms with E-state index in [0.717, 1.165) is 11.4 Å². The Kier molecular flexibility index (Phi) is 2.81. The Balaban J connectivity index is 2.68. The van der Waals surface area contributed by atoms with Crippen LogP contribution in [0.25, 0.3) is 5.69 Å². The quantitative estimate of drug-likeness (QED) is 0.597. The highest BCUT2D eigenvalue weighted by Gasteiger charge is 2.18. The van der Waals surface area contributed by atoms with Crippen molar-refractivity contribution in [3.63, 3.8) is 0 Å². The largest absolute Gasteiger partial charge is 0.296 e. The maximum absolute atomic E-state index is 11.0. The summed E-state index contributed by atoms with van der Waals surface area (Å²) in [5.74, 6) is 0. The molecule has 1 aromatic heterocycles. The molecule has 6 heteroatoms. The molecule has 0 spiro atoms. The van der Waals surface area contributed by atoms with E-state index in [1.807, 2.05) is 26.0 Å². The van der Waals surface area contributed by atoms with Crippen LogP contribution in [0.4, 0.5) is 5.69 Å². The number of aryl methyl sites for hydroxylation is 2. The van der Waals surface area contributed by atoms with Crippen LogP contribution >= 0.6 is 0 Å². The summed E-state index contributed by atoms with van der Waals surface area (Å²) >= 11 is 0. The van der Waals surface area contributed by atoms with E-state index in [1.165, 1.54) is 16.8 Å². The number of benzene rings is 1. The van der Waals surface area contributed by atoms with Crippen LogP contribution in [0.5, 0.6) is 0 Å². The first kappa shape index (κ1) is 11.8. The van der Waals surface area contributed by atoms with Crippen molar-refractivity contribution >= 4 is 5.69 Å². The lowest BCUT2D eigenvalue weighted by atomic mass is 10.2. The molecule has 0 unspecified atom stereocenters. The van der Waals surface area contributed by atoms with Gasteiger partial charge >= 0.3 is 0 Å². The van der Waals surface area contributed by atoms with Gasteiger partial charge in [-0.3, -0.25) is 10.1 Å². The predicted octanol–water partition coefficient (Wildman–Crippen LogP) is 2.27. The molecule has 1 heterocycles. The molecule has 90 valence electrons. The highest BCUT2D eigenvalue weighted by atomic mass is 16.6. The highest BCUT2D eigenvalue weighted by Crippen LogP contribution is 2.25. The zero-order valence-corrected chi connectivity index (χ0v) is 9.91. The van der Waals surface area contributed by atoms with Gasteiger partial charge in [-0.25, -0.2) is 4.68 Å². The van der Waals surface area contributed by atoms with E-state index in [4.69, 9.17) is 5.26 Å². The van der Waals surface area contributed by atoms with Gasteiger partial charge < -0.3 is 0 Å². The number of nitro benzene ring substituents is 1. The Bertz CT molecular complexity index is 667. The number of hydrogen-bond acceptors (Lipinski definition) is 4. The molecule has 0 aliphatic rings. The zero-order valence-electron chi connectivity index (χ0n) is 9.91. The van der Waals surface area contributed by atoms with Crippen molar-refractivity contribution in [2.75, 3.05) is 0 Å². The topological polar surface area (TPSA) is 84.8 Å². The minimum Gasteiger partial charge on any atom is -0.258 e. The summed E-state index contributed by atoms with van der Waals surface area (Å²) in [4.78, 5) is 10.5. The highest BCUT2D eigenvalue weighted by molar-refractivity contribution is 5.56. The molecule has 2 rings (SSSR count). The standard InChI is InChI=1S/C12H10N4O2/c1-8-5-9(2)15(14-8)11-4-3-10(7-13)6-12(11)16(17)18/h3-6H,1-2H3. The second-order valence-corrected chi connectivity index (χ2v) is 3.91. The molecule has 2 aromatic rings. The first-order valence-corrected chi connectivity index (χ1v) is 5.25. The fraction of sp³-hybridized carbons (Fsp3) is 0.167. The molecule has 0 saturated carbocycles. The Hall–Kier alpha value is -2.68. The van der Waals surface area contributed by atoms with Crippen LogP contribution in [0.3, 0.4) is 0 Å². The molecule has 6 nitrogen and oxygen atoms in total. The van der Waals surface area contributed by atoms with Gasteiger partial charge in [0.2, 0.25) is 0 Å². The normalized spacial score (nSPS) is 10.1. The molecule has 0 amide bonds. The van der Waals surface area contributed by atoms with E-state index in [2.05, 4.69) is 5.10 Å². The van der Waals surface area contributed by atoms with Gasteiger partial charge in [-0.2, -0.15) is 10.4 Å². The summed E-state index contributed by atoms with van der Waals surface area (Å²) < 4.78 is 1.51. The van der Waals surface area contributed by atoms with Crippen LogP contribution in [0.1, 0.15) is 17.0 Å². The number of nitrogens with zero attached hydrogens (tertiary/aromatic N) is 4. The van der Waals surface area contributed by atoms with Crippen LogP contribution in [0, 0.1) is 35.3 Å². The van der Waals surface area contributed by atoms with E-state index < -0.39 is 4.92 Å². The SMILES string of the molecule is Cc1cc(C)n(-c2ccc(C#N)cc2[N+](=O)[O-])n1. The second-order valence-electron chi connectivity index (χ2n) is 3.91. The van der Waals surface area contributed by atoms with Crippen molar-refractivity contribution in [1.82, 2.24) is 9.78 Å². The van der Waals surface area contributed by atoms with Gasteiger partial charge in [0.05, 0.1) is 22.2 Å². The van der Waals surface area contributed by atoms with Gasteiger partial charge in [0.25, 0.3) is 5.69 Å². The summed E-state index contributed by atoms with van der Waals surface area (Å²) in [6, 6.07) is 8.06. The van der Waals surface area contributed by atoms with Crippen molar-refractivity contribution in [3.8, 4) is 11.8 Å². The fourth-order valence-electron chi connectivity index (χ4n) is 1.79. The number of nitro groups is 1. The molecule has 0 N–H and O–H groups in total. The molecule has 0 fully saturated rings. The number of nitriles is 1. The maximum atomic E-state index is 11.0. The molecular weight excluding hydrogens is 232 g/mol. The van der Waals surface area contributed by atoms with Crippen molar-refractivity contribution < 1.29 is 4.92 Å². The summed E-state index contributed by atoms with van der Waals surface area (Å²) in [5.41, 5.74) is 2.09. The molecule has 0 bridgehead atoms. The number of rotatable bonds is 2. The van der Waals surface area contributed by atoms with Gasteiger partial charge in [-0.15, -0.1) is 0 Å². The lowest BCUT2D eigenvalue weighted by molar-refractivity contribution is -0.384. The first-order valence-electron chi connectivity index (χ1n) is 5.25. The van der Waals surface area contributed by atoms with Crippen molar-refractivity contribution in [1.29, 1.82) is 5.26 Å². The molecule has 18 heavy (non-hydrogen) atoms. The molecule has 0 radical (unpaired) electrons. The third-order valence-corrected chi connectivity index (χ3v) is 2.54. The Morgan fingerprint density at radius 1 is 1.39 bits per heavy atom. The van der Waals surface area contributed by atoms with Gasteiger partial charge in [-0.1, -0.05) is 0 Å². The zero-order chi connectivity index (χ0) is 13.3. The summed E-state index contributed by atoms with van der Waals surface area (Å²) in [5, 5.41) is 24.0. The van der Waals surface area contributed by atoms with E-state index >= 15 is 0 Å². The van der Waals surface area contributed by atoms with Gasteiger partial charge in [0.15, 0.2) is 0 Å². The summed E-state index contributed by atoms with van der Waals surface area (Å²) in [7, 11) is 0. The minimum absolute atomic E-state index is 0.125. The van der Waals surface area contributed by atoms with Gasteiger partial charge in [0, 0.05) is 11.8 Å². The van der Waals surface area contributed by atoms with Crippen LogP contribution in [0.2, 0.25) is 0 Å². The Labute approximate surface area is 103 Å². The first-order chi connectivity index (χ1) is 8.52. The minimum atomic E-state index is -0.507. The Morgan fingerprint density at radius 2 is 2.11 bits per heavy atom. The summed E-state index contributed by atoms with van der Waals surface area (Å²) in [6.45, 7) is 3.64. The number of aromatic nitrogens is 2. The van der Waals surface area contributed by atoms with Crippen LogP contribution in [-0.2, 0) is 0 Å². The van der Waals surface area contributed by atoms with E-state index in [0.29, 0.717) is 5.69 Å². The number of hydrogen-bond donors (Lipinski definition) is 0. The molecule has 0 aliphatic carbocycles. The van der Waals surface area contributed by atoms with E-state index in [-0.39, 0.29) is 11.3 Å². The average molecular weight is 242 g/mol. The monoisotopic (exact) mass is 242 g/mol. The average Bonchev–Trinajstić information content (AvgIpc) is 2.67. The second kappa shape index (κ2) is 4.30. The lowest BCUT2D eigenvalue weighted by Gasteiger charge is -2.05. The molecule has 0 atom stereocenters. The molecular formula is C12H10N4O2. The molecule has 0 saturated heterocycles. The molecule has 1 aromatic carbocycles. The third-order valence-electron chi connectivity index (χ3n) is 2.54. The third kappa shape index (κ3) is 1.94. The summed E-state index contributed by atoms with van der Waals surface area (Å²) in [6.07, 6.45) is 0. The van der Waals surface area contributed by atoms with Gasteiger partial charge in [-0.05, 0) is 32.0 Å². The van der Waals surface area contributed by atoms with Crippen LogP contribution in [-0.4, -0.2) is 14.7 Å². The fourth-order valence-corrected chi connectivity index (χ4v) is 1.79. The van der Waals surface area contributed by atoms with E-state index in [1.54, 1.807) is 6.07 Å². The maximum Gasteiger partial charge on any atom is 0.296 e. The predicted molar refractivity (Wildman–Crippen MR) is 64.4 cm³/mol. The smallest absolute Gasteiger partial charge is 0.258 e. The van der Waals surface area contributed by atoms with Crippen molar-refractivity contribution in [3.05, 3.63) is 51.3 Å². The Morgan fingerprint density at radius 3 is 2.61 bits per heavy atom. The van der Waals surface area contributed by atoms with E-state index in [9.17, 15) is 10.1 Å². The van der Waals surface area contributed by atoms with Crippen LogP contribution < -0.4 is 0 Å². The van der Waals surface area contributed by atoms with Crippen LogP contribution in [0.15, 0.2) is 24.3 Å². The lowest BCUT2D eigenvalue weighted by Crippen LogP contribution is -2.04. The van der Waals surface area contributed by atoms with Crippen molar-refractivity contribution in [2.24, 2.45) is 0 Å². The van der Waals surface area contributed by atoms with Gasteiger partial charge in [0.1, 0.15) is 5.69 Å². The molecule has 0 aliphatic heterocycles. The van der Waals surface area contributed by atoms with Crippen molar-refractivity contribution in [2.45, 2.75) is 13.8 Å².